The molecule has 3 aromatic carbocycles. The van der Waals surface area contributed by atoms with E-state index in [1.165, 1.54) is 24.3 Å². The third-order valence-corrected chi connectivity index (χ3v) is 5.38. The number of nitro benzene ring substituents is 1. The van der Waals surface area contributed by atoms with E-state index in [1.54, 1.807) is 29.2 Å². The molecule has 176 valence electrons. The number of amides is 2. The number of hydrogen-bond donors (Lipinski definition) is 2. The summed E-state index contributed by atoms with van der Waals surface area (Å²) in [4.78, 5) is 37.9. The molecule has 0 atom stereocenters. The Bertz CT molecular complexity index is 1160. The molecule has 0 saturated carbocycles. The molecule has 3 rings (SSSR count). The first-order valence-electron chi connectivity index (χ1n) is 10.9. The molecule has 0 bridgehead atoms. The predicted octanol–water partition coefficient (Wildman–Crippen LogP) is 4.47. The summed E-state index contributed by atoms with van der Waals surface area (Å²) in [5.74, 6) is -0.476. The highest BCUT2D eigenvalue weighted by atomic mass is 16.6. The second-order valence-corrected chi connectivity index (χ2v) is 8.85. The largest absolute Gasteiger partial charge is 0.334 e. The van der Waals surface area contributed by atoms with Crippen LogP contribution in [0.15, 0.2) is 78.9 Å². The molecule has 2 amide bonds. The first-order chi connectivity index (χ1) is 16.2. The fourth-order valence-corrected chi connectivity index (χ4v) is 3.45. The van der Waals surface area contributed by atoms with Crippen molar-refractivity contribution >= 4 is 23.2 Å². The van der Waals surface area contributed by atoms with Crippen LogP contribution in [0.2, 0.25) is 0 Å². The molecule has 0 aliphatic rings. The van der Waals surface area contributed by atoms with Crippen molar-refractivity contribution in [2.24, 2.45) is 11.1 Å². The lowest BCUT2D eigenvalue weighted by Gasteiger charge is -2.32. The van der Waals surface area contributed by atoms with E-state index in [4.69, 9.17) is 5.73 Å². The molecular weight excluding hydrogens is 432 g/mol. The van der Waals surface area contributed by atoms with Gasteiger partial charge in [-0.05, 0) is 53.9 Å². The second-order valence-electron chi connectivity index (χ2n) is 8.85. The van der Waals surface area contributed by atoms with Crippen molar-refractivity contribution in [3.63, 3.8) is 0 Å². The van der Waals surface area contributed by atoms with Gasteiger partial charge in [-0.1, -0.05) is 44.2 Å². The summed E-state index contributed by atoms with van der Waals surface area (Å²) in [5.41, 5.74) is 7.88. The van der Waals surface area contributed by atoms with Gasteiger partial charge in [0.1, 0.15) is 0 Å². The van der Waals surface area contributed by atoms with Crippen LogP contribution in [0, 0.1) is 15.5 Å². The standard InChI is InChI=1S/C26H28N4O4/c1-26(2,17-27)18-29(25(32)21-8-4-3-5-9-21)16-19-7-6-10-22(15-19)28-24(31)20-11-13-23(14-12-20)30(33)34/h3-15H,16-18,27H2,1-2H3,(H,28,31). The van der Waals surface area contributed by atoms with Crippen LogP contribution in [0.1, 0.15) is 40.1 Å². The smallest absolute Gasteiger partial charge is 0.269 e. The molecule has 8 nitrogen and oxygen atoms in total. The molecule has 0 spiro atoms. The van der Waals surface area contributed by atoms with Crippen LogP contribution < -0.4 is 11.1 Å². The van der Waals surface area contributed by atoms with Crippen molar-refractivity contribution < 1.29 is 14.5 Å². The van der Waals surface area contributed by atoms with E-state index in [0.29, 0.717) is 36.4 Å². The van der Waals surface area contributed by atoms with Gasteiger partial charge in [0.25, 0.3) is 17.5 Å². The Balaban J connectivity index is 1.78. The topological polar surface area (TPSA) is 119 Å². The minimum absolute atomic E-state index is 0.0814. The minimum Gasteiger partial charge on any atom is -0.334 e. The van der Waals surface area contributed by atoms with Gasteiger partial charge in [-0.2, -0.15) is 0 Å². The number of anilines is 1. The number of hydrogen-bond acceptors (Lipinski definition) is 5. The van der Waals surface area contributed by atoms with Gasteiger partial charge in [-0.3, -0.25) is 19.7 Å². The Labute approximate surface area is 198 Å². The summed E-state index contributed by atoms with van der Waals surface area (Å²) < 4.78 is 0. The van der Waals surface area contributed by atoms with Crippen LogP contribution in [-0.4, -0.2) is 34.7 Å². The zero-order valence-corrected chi connectivity index (χ0v) is 19.2. The number of benzene rings is 3. The summed E-state index contributed by atoms with van der Waals surface area (Å²) in [7, 11) is 0. The molecule has 0 radical (unpaired) electrons. The first kappa shape index (κ1) is 24.6. The van der Waals surface area contributed by atoms with Gasteiger partial charge in [0, 0.05) is 42.0 Å². The van der Waals surface area contributed by atoms with E-state index >= 15 is 0 Å². The molecule has 0 fully saturated rings. The van der Waals surface area contributed by atoms with E-state index in [9.17, 15) is 19.7 Å². The third-order valence-electron chi connectivity index (χ3n) is 5.38. The highest BCUT2D eigenvalue weighted by molar-refractivity contribution is 6.04. The number of carbonyl (C=O) groups is 2. The number of nitrogens with zero attached hydrogens (tertiary/aromatic N) is 2. The number of nitrogens with two attached hydrogens (primary N) is 1. The van der Waals surface area contributed by atoms with E-state index < -0.39 is 4.92 Å². The van der Waals surface area contributed by atoms with Crippen LogP contribution in [-0.2, 0) is 6.54 Å². The molecule has 3 N–H and O–H groups in total. The third kappa shape index (κ3) is 6.49. The Hall–Kier alpha value is -4.04. The minimum atomic E-state index is -0.514. The van der Waals surface area contributed by atoms with Gasteiger partial charge in [-0.15, -0.1) is 0 Å². The number of nitrogens with one attached hydrogen (secondary N) is 1. The summed E-state index contributed by atoms with van der Waals surface area (Å²) in [6.45, 7) is 5.27. The Morgan fingerprint density at radius 1 is 0.971 bits per heavy atom. The van der Waals surface area contributed by atoms with Gasteiger partial charge in [0.2, 0.25) is 0 Å². The molecule has 0 heterocycles. The van der Waals surface area contributed by atoms with Gasteiger partial charge >= 0.3 is 0 Å². The maximum absolute atomic E-state index is 13.2. The van der Waals surface area contributed by atoms with Crippen molar-refractivity contribution in [1.82, 2.24) is 4.90 Å². The van der Waals surface area contributed by atoms with Gasteiger partial charge < -0.3 is 16.0 Å². The fourth-order valence-electron chi connectivity index (χ4n) is 3.45. The molecule has 0 aromatic heterocycles. The normalized spacial score (nSPS) is 11.0. The van der Waals surface area contributed by atoms with Crippen LogP contribution in [0.5, 0.6) is 0 Å². The average Bonchev–Trinajstić information content (AvgIpc) is 2.84. The molecule has 0 aliphatic carbocycles. The van der Waals surface area contributed by atoms with Gasteiger partial charge in [0.15, 0.2) is 0 Å². The first-order valence-corrected chi connectivity index (χ1v) is 10.9. The zero-order valence-electron chi connectivity index (χ0n) is 19.2. The van der Waals surface area contributed by atoms with E-state index in [0.717, 1.165) is 5.56 Å². The van der Waals surface area contributed by atoms with Crippen LogP contribution in [0.25, 0.3) is 0 Å². The molecule has 0 saturated heterocycles. The van der Waals surface area contributed by atoms with Crippen molar-refractivity contribution in [3.05, 3.63) is 106 Å². The fraction of sp³-hybridized carbons (Fsp3) is 0.231. The zero-order chi connectivity index (χ0) is 24.7. The lowest BCUT2D eigenvalue weighted by atomic mass is 9.92. The van der Waals surface area contributed by atoms with Crippen LogP contribution >= 0.6 is 0 Å². The number of non-ortho nitro benzene ring substituents is 1. The Kier molecular flexibility index (Phi) is 7.75. The average molecular weight is 461 g/mol. The maximum atomic E-state index is 13.2. The maximum Gasteiger partial charge on any atom is 0.269 e. The quantitative estimate of drug-likeness (QED) is 0.361. The summed E-state index contributed by atoms with van der Waals surface area (Å²) >= 11 is 0. The molecule has 0 aliphatic heterocycles. The number of rotatable bonds is 9. The predicted molar refractivity (Wildman–Crippen MR) is 132 cm³/mol. The van der Waals surface area contributed by atoms with Crippen LogP contribution in [0.3, 0.4) is 0 Å². The summed E-state index contributed by atoms with van der Waals surface area (Å²) in [6.07, 6.45) is 0. The van der Waals surface area contributed by atoms with Gasteiger partial charge in [-0.25, -0.2) is 0 Å². The number of carbonyl (C=O) groups excluding carboxylic acids is 2. The highest BCUT2D eigenvalue weighted by Crippen LogP contribution is 2.21. The monoisotopic (exact) mass is 460 g/mol. The molecule has 34 heavy (non-hydrogen) atoms. The van der Waals surface area contributed by atoms with Crippen molar-refractivity contribution in [2.75, 3.05) is 18.4 Å². The van der Waals surface area contributed by atoms with Crippen LogP contribution in [0.4, 0.5) is 11.4 Å². The lowest BCUT2D eigenvalue weighted by Crippen LogP contribution is -2.41. The number of nitro groups is 1. The van der Waals surface area contributed by atoms with E-state index in [2.05, 4.69) is 5.32 Å². The van der Waals surface area contributed by atoms with Crippen molar-refractivity contribution in [1.29, 1.82) is 0 Å². The van der Waals surface area contributed by atoms with Crippen molar-refractivity contribution in [2.45, 2.75) is 20.4 Å². The molecule has 0 unspecified atom stereocenters. The van der Waals surface area contributed by atoms with E-state index in [-0.39, 0.29) is 22.9 Å². The molecule has 3 aromatic rings. The van der Waals surface area contributed by atoms with Gasteiger partial charge in [0.05, 0.1) is 4.92 Å². The lowest BCUT2D eigenvalue weighted by molar-refractivity contribution is -0.384. The molecular formula is C26H28N4O4. The SMILES string of the molecule is CC(C)(CN)CN(Cc1cccc(NC(=O)c2ccc([N+](=O)[O-])cc2)c1)C(=O)c1ccccc1. The Morgan fingerprint density at radius 2 is 1.65 bits per heavy atom. The second kappa shape index (κ2) is 10.7. The summed E-state index contributed by atoms with van der Waals surface area (Å²) in [5, 5.41) is 13.6. The molecule has 8 heteroatoms. The summed E-state index contributed by atoms with van der Waals surface area (Å²) in [6, 6.07) is 21.7. The van der Waals surface area contributed by atoms with E-state index in [1.807, 2.05) is 44.2 Å². The Morgan fingerprint density at radius 3 is 2.26 bits per heavy atom. The van der Waals surface area contributed by atoms with Crippen molar-refractivity contribution in [3.8, 4) is 0 Å². The highest BCUT2D eigenvalue weighted by Gasteiger charge is 2.25.